The van der Waals surface area contributed by atoms with E-state index in [4.69, 9.17) is 4.74 Å². The molecule has 27 heavy (non-hydrogen) atoms. The number of hydrogen-bond donors (Lipinski definition) is 2. The van der Waals surface area contributed by atoms with Crippen LogP contribution in [0.25, 0.3) is 0 Å². The van der Waals surface area contributed by atoms with Gasteiger partial charge in [-0.25, -0.2) is 4.98 Å². The highest BCUT2D eigenvalue weighted by Crippen LogP contribution is 2.23. The zero-order valence-electron chi connectivity index (χ0n) is 15.9. The highest BCUT2D eigenvalue weighted by Gasteiger charge is 2.27. The van der Waals surface area contributed by atoms with E-state index in [1.807, 2.05) is 4.57 Å². The quantitative estimate of drug-likeness (QED) is 0.734. The topological polar surface area (TPSA) is 85.2 Å². The molecular formula is C20H26N4O3. The predicted octanol–water partition coefficient (Wildman–Crippen LogP) is 3.01. The van der Waals surface area contributed by atoms with E-state index in [2.05, 4.69) is 22.5 Å². The lowest BCUT2D eigenvalue weighted by molar-refractivity contribution is 0.0937. The fraction of sp³-hybridized carbons (Fsp3) is 0.450. The van der Waals surface area contributed by atoms with Crippen LogP contribution in [-0.4, -0.2) is 35.0 Å². The number of methoxy groups -OCH3 is 1. The Balaban J connectivity index is 1.81. The molecule has 0 atom stereocenters. The summed E-state index contributed by atoms with van der Waals surface area (Å²) in [7, 11) is 1.60. The minimum Gasteiger partial charge on any atom is -0.497 e. The molecule has 2 heterocycles. The van der Waals surface area contributed by atoms with Crippen LogP contribution in [0.15, 0.2) is 24.3 Å². The first-order valence-corrected chi connectivity index (χ1v) is 9.47. The van der Waals surface area contributed by atoms with E-state index in [0.29, 0.717) is 30.3 Å². The number of rotatable bonds is 7. The maximum Gasteiger partial charge on any atom is 0.287 e. The molecule has 0 fully saturated rings. The summed E-state index contributed by atoms with van der Waals surface area (Å²) in [6.07, 6.45) is 4.66. The Morgan fingerprint density at radius 3 is 2.67 bits per heavy atom. The number of imidazole rings is 1. The third-order valence-corrected chi connectivity index (χ3v) is 4.70. The lowest BCUT2D eigenvalue weighted by atomic mass is 10.1. The van der Waals surface area contributed by atoms with Gasteiger partial charge in [0.05, 0.1) is 12.8 Å². The van der Waals surface area contributed by atoms with Gasteiger partial charge in [0, 0.05) is 18.8 Å². The fourth-order valence-electron chi connectivity index (χ4n) is 3.22. The summed E-state index contributed by atoms with van der Waals surface area (Å²) in [5, 5.41) is 5.76. The molecule has 0 radical (unpaired) electrons. The Labute approximate surface area is 159 Å². The van der Waals surface area contributed by atoms with Gasteiger partial charge in [0.1, 0.15) is 5.75 Å². The molecule has 0 aliphatic carbocycles. The molecule has 3 rings (SSSR count). The number of aromatic nitrogens is 2. The standard InChI is InChI=1S/C20H26N4O3/c1-3-4-12-21-20(26)18-23-17(16-7-5-6-13-24(16)18)19(25)22-14-8-10-15(27-2)11-9-14/h8-11H,3-7,12-13H2,1-2H3,(H,21,26)(H,22,25). The van der Waals surface area contributed by atoms with Crippen LogP contribution < -0.4 is 15.4 Å². The number of ether oxygens (including phenoxy) is 1. The van der Waals surface area contributed by atoms with Gasteiger partial charge < -0.3 is 19.9 Å². The highest BCUT2D eigenvalue weighted by atomic mass is 16.5. The molecule has 0 unspecified atom stereocenters. The van der Waals surface area contributed by atoms with Gasteiger partial charge in [-0.2, -0.15) is 0 Å². The summed E-state index contributed by atoms with van der Waals surface area (Å²) in [5.74, 6) is 0.549. The van der Waals surface area contributed by atoms with Crippen molar-refractivity contribution < 1.29 is 14.3 Å². The van der Waals surface area contributed by atoms with E-state index in [-0.39, 0.29) is 11.8 Å². The first-order chi connectivity index (χ1) is 13.1. The van der Waals surface area contributed by atoms with Crippen molar-refractivity contribution in [2.24, 2.45) is 0 Å². The van der Waals surface area contributed by atoms with Crippen molar-refractivity contribution in [3.05, 3.63) is 41.5 Å². The van der Waals surface area contributed by atoms with Crippen molar-refractivity contribution >= 4 is 17.5 Å². The summed E-state index contributed by atoms with van der Waals surface area (Å²) in [6.45, 7) is 3.41. The van der Waals surface area contributed by atoms with Gasteiger partial charge >= 0.3 is 0 Å². The number of unbranched alkanes of at least 4 members (excludes halogenated alkanes) is 1. The SMILES string of the molecule is CCCCNC(=O)c1nc(C(=O)Nc2ccc(OC)cc2)c2n1CCCC2. The van der Waals surface area contributed by atoms with E-state index < -0.39 is 0 Å². The number of nitrogens with one attached hydrogen (secondary N) is 2. The van der Waals surface area contributed by atoms with Crippen LogP contribution in [0.4, 0.5) is 5.69 Å². The van der Waals surface area contributed by atoms with Crippen LogP contribution in [0, 0.1) is 0 Å². The Kier molecular flexibility index (Phi) is 6.11. The van der Waals surface area contributed by atoms with Gasteiger partial charge in [-0.15, -0.1) is 0 Å². The summed E-state index contributed by atoms with van der Waals surface area (Å²) in [6, 6.07) is 7.12. The van der Waals surface area contributed by atoms with Gasteiger partial charge in [0.15, 0.2) is 11.5 Å². The average Bonchev–Trinajstić information content (AvgIpc) is 3.09. The van der Waals surface area contributed by atoms with Crippen LogP contribution in [0.1, 0.15) is 59.4 Å². The van der Waals surface area contributed by atoms with E-state index >= 15 is 0 Å². The van der Waals surface area contributed by atoms with Gasteiger partial charge in [-0.05, 0) is 49.9 Å². The first-order valence-electron chi connectivity index (χ1n) is 9.47. The third-order valence-electron chi connectivity index (χ3n) is 4.70. The smallest absolute Gasteiger partial charge is 0.287 e. The molecule has 7 nitrogen and oxygen atoms in total. The summed E-state index contributed by atoms with van der Waals surface area (Å²) in [4.78, 5) is 29.7. The Bertz CT molecular complexity index is 811. The van der Waals surface area contributed by atoms with Crippen molar-refractivity contribution in [3.63, 3.8) is 0 Å². The van der Waals surface area contributed by atoms with Crippen LogP contribution in [0.2, 0.25) is 0 Å². The molecule has 0 saturated heterocycles. The number of amides is 2. The van der Waals surface area contributed by atoms with Crippen molar-refractivity contribution in [2.75, 3.05) is 19.0 Å². The molecule has 2 N–H and O–H groups in total. The van der Waals surface area contributed by atoms with Crippen molar-refractivity contribution in [2.45, 2.75) is 45.6 Å². The Morgan fingerprint density at radius 2 is 1.96 bits per heavy atom. The number of carbonyl (C=O) groups is 2. The van der Waals surface area contributed by atoms with Crippen LogP contribution in [-0.2, 0) is 13.0 Å². The minimum absolute atomic E-state index is 0.213. The first kappa shape index (κ1) is 18.9. The summed E-state index contributed by atoms with van der Waals surface area (Å²) >= 11 is 0. The van der Waals surface area contributed by atoms with Gasteiger partial charge in [0.25, 0.3) is 11.8 Å². The van der Waals surface area contributed by atoms with Crippen molar-refractivity contribution in [3.8, 4) is 5.75 Å². The van der Waals surface area contributed by atoms with Gasteiger partial charge in [0.2, 0.25) is 0 Å². The zero-order chi connectivity index (χ0) is 19.2. The molecule has 0 saturated carbocycles. The van der Waals surface area contributed by atoms with E-state index in [1.165, 1.54) is 0 Å². The second kappa shape index (κ2) is 8.70. The minimum atomic E-state index is -0.293. The molecule has 0 bridgehead atoms. The Hall–Kier alpha value is -2.83. The number of hydrogen-bond acceptors (Lipinski definition) is 4. The lowest BCUT2D eigenvalue weighted by Gasteiger charge is -2.17. The number of fused-ring (bicyclic) bond motifs is 1. The zero-order valence-corrected chi connectivity index (χ0v) is 15.9. The molecule has 7 heteroatoms. The molecule has 2 aromatic rings. The molecule has 1 aromatic heterocycles. The van der Waals surface area contributed by atoms with Crippen molar-refractivity contribution in [1.29, 1.82) is 0 Å². The molecule has 144 valence electrons. The number of nitrogens with zero attached hydrogens (tertiary/aromatic N) is 2. The largest absolute Gasteiger partial charge is 0.497 e. The Morgan fingerprint density at radius 1 is 1.19 bits per heavy atom. The summed E-state index contributed by atoms with van der Waals surface area (Å²) in [5.41, 5.74) is 1.84. The van der Waals surface area contributed by atoms with Crippen LogP contribution in [0.5, 0.6) is 5.75 Å². The maximum atomic E-state index is 12.8. The normalized spacial score (nSPS) is 13.0. The van der Waals surface area contributed by atoms with Crippen molar-refractivity contribution in [1.82, 2.24) is 14.9 Å². The molecule has 1 aliphatic rings. The van der Waals surface area contributed by atoms with Crippen LogP contribution in [0.3, 0.4) is 0 Å². The monoisotopic (exact) mass is 370 g/mol. The number of anilines is 1. The van der Waals surface area contributed by atoms with E-state index in [1.54, 1.807) is 31.4 Å². The summed E-state index contributed by atoms with van der Waals surface area (Å²) < 4.78 is 7.03. The predicted molar refractivity (Wildman–Crippen MR) is 103 cm³/mol. The van der Waals surface area contributed by atoms with E-state index in [0.717, 1.165) is 43.5 Å². The average molecular weight is 370 g/mol. The third kappa shape index (κ3) is 4.30. The second-order valence-electron chi connectivity index (χ2n) is 6.63. The number of carbonyl (C=O) groups excluding carboxylic acids is 2. The van der Waals surface area contributed by atoms with Gasteiger partial charge in [-0.3, -0.25) is 9.59 Å². The molecule has 1 aliphatic heterocycles. The maximum absolute atomic E-state index is 12.8. The number of benzene rings is 1. The molecular weight excluding hydrogens is 344 g/mol. The van der Waals surface area contributed by atoms with Crippen LogP contribution >= 0.6 is 0 Å². The lowest BCUT2D eigenvalue weighted by Crippen LogP contribution is -2.28. The molecule has 2 amide bonds. The molecule has 1 aromatic carbocycles. The second-order valence-corrected chi connectivity index (χ2v) is 6.63. The fourth-order valence-corrected chi connectivity index (χ4v) is 3.22. The van der Waals surface area contributed by atoms with Gasteiger partial charge in [-0.1, -0.05) is 13.3 Å². The highest BCUT2D eigenvalue weighted by molar-refractivity contribution is 6.05. The van der Waals surface area contributed by atoms with E-state index in [9.17, 15) is 9.59 Å². The molecule has 0 spiro atoms.